The van der Waals surface area contributed by atoms with Crippen LogP contribution in [0.1, 0.15) is 34.7 Å². The Morgan fingerprint density at radius 3 is 2.63 bits per heavy atom. The van der Waals surface area contributed by atoms with Crippen LogP contribution in [0.2, 0.25) is 0 Å². The number of rotatable bonds is 4. The summed E-state index contributed by atoms with van der Waals surface area (Å²) in [7, 11) is 0. The van der Waals surface area contributed by atoms with Crippen LogP contribution in [0.4, 0.5) is 13.2 Å². The van der Waals surface area contributed by atoms with E-state index in [1.165, 1.54) is 18.2 Å². The van der Waals surface area contributed by atoms with Gasteiger partial charge < -0.3 is 19.2 Å². The average Bonchev–Trinajstić information content (AvgIpc) is 3.07. The van der Waals surface area contributed by atoms with E-state index in [0.717, 1.165) is 0 Å². The molecule has 1 aliphatic heterocycles. The lowest BCUT2D eigenvalue weighted by Crippen LogP contribution is -2.49. The smallest absolute Gasteiger partial charge is 0.441 e. The number of carbonyl (C=O) groups excluding carboxylic acids is 1. The highest BCUT2D eigenvalue weighted by Crippen LogP contribution is 2.35. The number of para-hydroxylation sites is 1. The number of aromatic nitrogens is 1. The molecule has 3 aromatic rings. The second kappa shape index (κ2) is 7.64. The number of ether oxygens (including phenoxy) is 2. The minimum Gasteiger partial charge on any atom is -0.441 e. The molecule has 0 bridgehead atoms. The van der Waals surface area contributed by atoms with Crippen molar-refractivity contribution in [2.45, 2.75) is 31.7 Å². The highest BCUT2D eigenvalue weighted by atomic mass is 19.4. The van der Waals surface area contributed by atoms with E-state index >= 15 is 0 Å². The topological polar surface area (TPSA) is 73.6 Å². The predicted molar refractivity (Wildman–Crippen MR) is 101 cm³/mol. The number of oxazole rings is 1. The molecule has 1 amide bonds. The second-order valence-corrected chi connectivity index (χ2v) is 7.11. The molecular weight excluding hydrogens is 401 g/mol. The lowest BCUT2D eigenvalue weighted by atomic mass is 9.82. The summed E-state index contributed by atoms with van der Waals surface area (Å²) in [6.45, 7) is 2.41. The number of amides is 1. The Bertz CT molecular complexity index is 1070. The summed E-state index contributed by atoms with van der Waals surface area (Å²) in [6, 6.07) is 10.7. The summed E-state index contributed by atoms with van der Waals surface area (Å²) < 4.78 is 53.0. The minimum absolute atomic E-state index is 0.331. The van der Waals surface area contributed by atoms with Crippen molar-refractivity contribution in [2.24, 2.45) is 0 Å². The van der Waals surface area contributed by atoms with Crippen LogP contribution in [0.3, 0.4) is 0 Å². The quantitative estimate of drug-likeness (QED) is 0.674. The third kappa shape index (κ3) is 4.11. The van der Waals surface area contributed by atoms with Gasteiger partial charge in [-0.25, -0.2) is 4.98 Å². The lowest BCUT2D eigenvalue weighted by Gasteiger charge is -2.38. The highest BCUT2D eigenvalue weighted by Gasteiger charge is 2.38. The molecule has 1 aliphatic rings. The van der Waals surface area contributed by atoms with Crippen LogP contribution in [-0.2, 0) is 10.3 Å². The van der Waals surface area contributed by atoms with Gasteiger partial charge in [0.2, 0.25) is 0 Å². The number of alkyl halides is 3. The molecule has 2 aromatic carbocycles. The molecule has 30 heavy (non-hydrogen) atoms. The summed E-state index contributed by atoms with van der Waals surface area (Å²) >= 11 is 0. The zero-order chi connectivity index (χ0) is 21.4. The van der Waals surface area contributed by atoms with Gasteiger partial charge in [0.05, 0.1) is 11.1 Å². The maximum Gasteiger partial charge on any atom is 0.573 e. The van der Waals surface area contributed by atoms with Crippen molar-refractivity contribution in [1.82, 2.24) is 10.3 Å². The summed E-state index contributed by atoms with van der Waals surface area (Å²) in [4.78, 5) is 17.5. The summed E-state index contributed by atoms with van der Waals surface area (Å²) in [5, 5.41) is 3.02. The first-order valence-corrected chi connectivity index (χ1v) is 9.38. The van der Waals surface area contributed by atoms with Gasteiger partial charge in [-0.05, 0) is 42.7 Å². The standard InChI is InChI=1S/C21H19F3N2O4/c1-13-25-18-16(6-3-7-17(18)29-13)19(27)26-20(8-10-28-11-9-20)14-4-2-5-15(12-14)30-21(22,23)24/h2-7,12H,8-11H2,1H3,(H,26,27). The third-order valence-corrected chi connectivity index (χ3v) is 5.09. The van der Waals surface area contributed by atoms with E-state index in [1.807, 2.05) is 0 Å². The Kier molecular flexibility index (Phi) is 5.15. The average molecular weight is 420 g/mol. The second-order valence-electron chi connectivity index (χ2n) is 7.11. The van der Waals surface area contributed by atoms with Gasteiger partial charge in [-0.1, -0.05) is 18.2 Å². The number of fused-ring (bicyclic) bond motifs is 1. The molecule has 1 saturated heterocycles. The number of nitrogens with zero attached hydrogens (tertiary/aromatic N) is 1. The number of benzene rings is 2. The number of hydrogen-bond acceptors (Lipinski definition) is 5. The summed E-state index contributed by atoms with van der Waals surface area (Å²) in [6.07, 6.45) is -3.99. The molecule has 9 heteroatoms. The van der Waals surface area contributed by atoms with Gasteiger partial charge in [0.15, 0.2) is 11.5 Å². The van der Waals surface area contributed by atoms with Gasteiger partial charge in [0.1, 0.15) is 11.3 Å². The molecule has 1 fully saturated rings. The van der Waals surface area contributed by atoms with Crippen molar-refractivity contribution in [3.8, 4) is 5.75 Å². The molecule has 0 spiro atoms. The van der Waals surface area contributed by atoms with Crippen LogP contribution in [0.5, 0.6) is 5.75 Å². The van der Waals surface area contributed by atoms with Crippen molar-refractivity contribution in [1.29, 1.82) is 0 Å². The molecule has 1 N–H and O–H groups in total. The Morgan fingerprint density at radius 1 is 1.17 bits per heavy atom. The van der Waals surface area contributed by atoms with Crippen molar-refractivity contribution < 1.29 is 31.9 Å². The van der Waals surface area contributed by atoms with E-state index in [0.29, 0.717) is 54.2 Å². The molecule has 6 nitrogen and oxygen atoms in total. The monoisotopic (exact) mass is 420 g/mol. The maximum absolute atomic E-state index is 13.2. The van der Waals surface area contributed by atoms with Crippen molar-refractivity contribution >= 4 is 17.0 Å². The van der Waals surface area contributed by atoms with Gasteiger partial charge in [-0.15, -0.1) is 13.2 Å². The van der Waals surface area contributed by atoms with Gasteiger partial charge in [-0.3, -0.25) is 4.79 Å². The first-order valence-electron chi connectivity index (χ1n) is 9.38. The van der Waals surface area contributed by atoms with Crippen LogP contribution in [0.15, 0.2) is 46.9 Å². The maximum atomic E-state index is 13.2. The first-order chi connectivity index (χ1) is 14.3. The Labute approximate surface area is 170 Å². The fourth-order valence-electron chi connectivity index (χ4n) is 3.72. The molecule has 1 aromatic heterocycles. The van der Waals surface area contributed by atoms with Crippen LogP contribution in [-0.4, -0.2) is 30.5 Å². The number of aryl methyl sites for hydroxylation is 1. The molecule has 158 valence electrons. The number of carbonyl (C=O) groups is 1. The predicted octanol–water partition coefficient (Wildman–Crippen LogP) is 4.47. The fraction of sp³-hybridized carbons (Fsp3) is 0.333. The largest absolute Gasteiger partial charge is 0.573 e. The molecular formula is C21H19F3N2O4. The minimum atomic E-state index is -4.80. The number of nitrogens with one attached hydrogen (secondary N) is 1. The number of halogens is 3. The van der Waals surface area contributed by atoms with E-state index in [9.17, 15) is 18.0 Å². The molecule has 0 atom stereocenters. The normalized spacial score (nSPS) is 16.4. The van der Waals surface area contributed by atoms with Crippen molar-refractivity contribution in [3.63, 3.8) is 0 Å². The lowest BCUT2D eigenvalue weighted by molar-refractivity contribution is -0.274. The van der Waals surface area contributed by atoms with Crippen LogP contribution in [0, 0.1) is 6.92 Å². The number of hydrogen-bond donors (Lipinski definition) is 1. The van der Waals surface area contributed by atoms with Crippen LogP contribution in [0.25, 0.3) is 11.1 Å². The van der Waals surface area contributed by atoms with Gasteiger partial charge in [-0.2, -0.15) is 0 Å². The highest BCUT2D eigenvalue weighted by molar-refractivity contribution is 6.04. The van der Waals surface area contributed by atoms with Crippen molar-refractivity contribution in [3.05, 3.63) is 59.5 Å². The van der Waals surface area contributed by atoms with E-state index in [-0.39, 0.29) is 5.75 Å². The van der Waals surface area contributed by atoms with Crippen LogP contribution < -0.4 is 10.1 Å². The third-order valence-electron chi connectivity index (χ3n) is 5.09. The van der Waals surface area contributed by atoms with Gasteiger partial charge in [0, 0.05) is 20.1 Å². The van der Waals surface area contributed by atoms with E-state index < -0.39 is 17.8 Å². The SMILES string of the molecule is Cc1nc2c(C(=O)NC3(c4cccc(OC(F)(F)F)c4)CCOCC3)cccc2o1. The summed E-state index contributed by atoms with van der Waals surface area (Å²) in [5.74, 6) is -0.296. The molecule has 0 unspecified atom stereocenters. The molecule has 0 radical (unpaired) electrons. The Hall–Kier alpha value is -3.07. The molecule has 2 heterocycles. The van der Waals surface area contributed by atoms with Gasteiger partial charge >= 0.3 is 6.36 Å². The van der Waals surface area contributed by atoms with E-state index in [1.54, 1.807) is 31.2 Å². The van der Waals surface area contributed by atoms with Crippen molar-refractivity contribution in [2.75, 3.05) is 13.2 Å². The fourth-order valence-corrected chi connectivity index (χ4v) is 3.72. The van der Waals surface area contributed by atoms with Gasteiger partial charge in [0.25, 0.3) is 5.91 Å². The summed E-state index contributed by atoms with van der Waals surface area (Å²) in [5.41, 5.74) is 0.870. The molecule has 0 saturated carbocycles. The van der Waals surface area contributed by atoms with E-state index in [2.05, 4.69) is 15.0 Å². The first kappa shape index (κ1) is 20.2. The van der Waals surface area contributed by atoms with Crippen LogP contribution >= 0.6 is 0 Å². The van der Waals surface area contributed by atoms with E-state index in [4.69, 9.17) is 9.15 Å². The zero-order valence-corrected chi connectivity index (χ0v) is 16.1. The zero-order valence-electron chi connectivity index (χ0n) is 16.1. The molecule has 4 rings (SSSR count). The Balaban J connectivity index is 1.69. The molecule has 0 aliphatic carbocycles. The Morgan fingerprint density at radius 2 is 1.90 bits per heavy atom.